The van der Waals surface area contributed by atoms with Gasteiger partial charge in [-0.25, -0.2) is 0 Å². The Kier molecular flexibility index (Phi) is 4.26. The lowest BCUT2D eigenvalue weighted by Gasteiger charge is -2.35. The first kappa shape index (κ1) is 11.9. The molecule has 1 amide bonds. The van der Waals surface area contributed by atoms with Crippen LogP contribution in [0.15, 0.2) is 0 Å². The molecule has 0 aromatic rings. The van der Waals surface area contributed by atoms with Crippen LogP contribution in [0, 0.1) is 5.92 Å². The summed E-state index contributed by atoms with van der Waals surface area (Å²) in [5.74, 6) is 0.291. The highest BCUT2D eigenvalue weighted by Crippen LogP contribution is 2.18. The summed E-state index contributed by atoms with van der Waals surface area (Å²) in [6, 6.07) is 0. The minimum Gasteiger partial charge on any atom is -0.393 e. The second kappa shape index (κ2) is 5.03. The summed E-state index contributed by atoms with van der Waals surface area (Å²) in [5, 5.41) is 9.33. The van der Waals surface area contributed by atoms with E-state index in [-0.39, 0.29) is 23.2 Å². The van der Waals surface area contributed by atoms with Gasteiger partial charge in [0.25, 0.3) is 0 Å². The van der Waals surface area contributed by atoms with Crippen LogP contribution < -0.4 is 0 Å². The number of piperidine rings is 1. The van der Waals surface area contributed by atoms with Gasteiger partial charge in [-0.1, -0.05) is 13.8 Å². The third-order valence-electron chi connectivity index (χ3n) is 2.84. The average Bonchev–Trinajstić information content (AvgIpc) is 2.20. The molecule has 0 aromatic carbocycles. The molecular formula is C10H19NO2S. The van der Waals surface area contributed by atoms with Gasteiger partial charge in [-0.05, 0) is 18.8 Å². The topological polar surface area (TPSA) is 40.5 Å². The molecule has 1 N–H and O–H groups in total. The number of carbonyl (C=O) groups is 1. The second-order valence-electron chi connectivity index (χ2n) is 4.04. The molecule has 1 heterocycles. The minimum absolute atomic E-state index is 0.106. The number of nitrogens with zero attached hydrogens (tertiary/aromatic N) is 1. The number of aliphatic hydroxyl groups is 1. The Labute approximate surface area is 90.9 Å². The van der Waals surface area contributed by atoms with E-state index >= 15 is 0 Å². The Balaban J connectivity index is 2.50. The van der Waals surface area contributed by atoms with Gasteiger partial charge in [0.15, 0.2) is 0 Å². The normalized spacial score (nSPS) is 30.1. The smallest absolute Gasteiger partial charge is 0.235 e. The maximum absolute atomic E-state index is 11.7. The molecule has 3 nitrogen and oxygen atoms in total. The van der Waals surface area contributed by atoms with Crippen LogP contribution in [0.1, 0.15) is 26.7 Å². The van der Waals surface area contributed by atoms with Crippen LogP contribution in [0.2, 0.25) is 0 Å². The number of rotatable bonds is 2. The highest BCUT2D eigenvalue weighted by molar-refractivity contribution is 7.81. The Morgan fingerprint density at radius 1 is 1.71 bits per heavy atom. The molecule has 14 heavy (non-hydrogen) atoms. The zero-order valence-corrected chi connectivity index (χ0v) is 9.70. The molecule has 1 rings (SSSR count). The fraction of sp³-hybridized carbons (Fsp3) is 0.900. The van der Waals surface area contributed by atoms with Crippen LogP contribution in [-0.2, 0) is 4.79 Å². The number of hydrogen-bond acceptors (Lipinski definition) is 3. The van der Waals surface area contributed by atoms with Gasteiger partial charge in [0.2, 0.25) is 5.91 Å². The van der Waals surface area contributed by atoms with Crippen molar-refractivity contribution in [2.75, 3.05) is 13.1 Å². The lowest BCUT2D eigenvalue weighted by Crippen LogP contribution is -2.47. The van der Waals surface area contributed by atoms with Crippen LogP contribution >= 0.6 is 12.6 Å². The fourth-order valence-electron chi connectivity index (χ4n) is 1.72. The highest BCUT2D eigenvalue weighted by atomic mass is 32.1. The van der Waals surface area contributed by atoms with Crippen molar-refractivity contribution in [3.8, 4) is 0 Å². The van der Waals surface area contributed by atoms with Crippen molar-refractivity contribution in [2.45, 2.75) is 38.0 Å². The van der Waals surface area contributed by atoms with Crippen molar-refractivity contribution < 1.29 is 9.90 Å². The van der Waals surface area contributed by atoms with Gasteiger partial charge in [0.05, 0.1) is 11.4 Å². The minimum atomic E-state index is -0.251. The molecule has 0 spiro atoms. The molecule has 3 unspecified atom stereocenters. The van der Waals surface area contributed by atoms with E-state index in [1.165, 1.54) is 0 Å². The summed E-state index contributed by atoms with van der Waals surface area (Å²) >= 11 is 4.23. The van der Waals surface area contributed by atoms with Gasteiger partial charge in [-0.2, -0.15) is 12.6 Å². The third kappa shape index (κ3) is 2.64. The quantitative estimate of drug-likeness (QED) is 0.675. The van der Waals surface area contributed by atoms with E-state index in [1.54, 1.807) is 0 Å². The van der Waals surface area contributed by atoms with Crippen LogP contribution in [0.5, 0.6) is 0 Å². The molecule has 1 saturated heterocycles. The van der Waals surface area contributed by atoms with E-state index in [4.69, 9.17) is 0 Å². The second-order valence-corrected chi connectivity index (χ2v) is 4.66. The van der Waals surface area contributed by atoms with Crippen molar-refractivity contribution >= 4 is 18.5 Å². The summed E-state index contributed by atoms with van der Waals surface area (Å²) in [6.45, 7) is 5.26. The third-order valence-corrected chi connectivity index (χ3v) is 3.43. The summed E-state index contributed by atoms with van der Waals surface area (Å²) in [7, 11) is 0. The Hall–Kier alpha value is -0.220. The monoisotopic (exact) mass is 217 g/mol. The van der Waals surface area contributed by atoms with E-state index in [2.05, 4.69) is 12.6 Å². The molecule has 1 fully saturated rings. The predicted molar refractivity (Wildman–Crippen MR) is 59.4 cm³/mol. The molecule has 0 radical (unpaired) electrons. The van der Waals surface area contributed by atoms with E-state index in [1.807, 2.05) is 18.7 Å². The summed E-state index contributed by atoms with van der Waals surface area (Å²) < 4.78 is 0. The van der Waals surface area contributed by atoms with Crippen molar-refractivity contribution in [3.63, 3.8) is 0 Å². The first-order valence-corrected chi connectivity index (χ1v) is 5.72. The molecule has 0 aromatic heterocycles. The van der Waals surface area contributed by atoms with Crippen molar-refractivity contribution in [2.24, 2.45) is 5.92 Å². The SMILES string of the molecule is CCC(S)C(=O)N1CCC(O)C(C)C1. The van der Waals surface area contributed by atoms with Gasteiger partial charge in [0.1, 0.15) is 0 Å². The fourth-order valence-corrected chi connectivity index (χ4v) is 1.88. The standard InChI is InChI=1S/C10H19NO2S/c1-3-9(14)10(13)11-5-4-8(12)7(2)6-11/h7-9,12,14H,3-6H2,1-2H3. The number of hydrogen-bond donors (Lipinski definition) is 2. The molecule has 0 saturated carbocycles. The lowest BCUT2D eigenvalue weighted by atomic mass is 9.96. The maximum atomic E-state index is 11.7. The number of thiol groups is 1. The van der Waals surface area contributed by atoms with Gasteiger partial charge in [-0.15, -0.1) is 0 Å². The van der Waals surface area contributed by atoms with Gasteiger partial charge < -0.3 is 10.0 Å². The van der Waals surface area contributed by atoms with Crippen LogP contribution in [0.3, 0.4) is 0 Å². The number of aliphatic hydroxyl groups excluding tert-OH is 1. The number of carbonyl (C=O) groups excluding carboxylic acids is 1. The largest absolute Gasteiger partial charge is 0.393 e. The average molecular weight is 217 g/mol. The highest BCUT2D eigenvalue weighted by Gasteiger charge is 2.28. The van der Waals surface area contributed by atoms with Gasteiger partial charge in [0, 0.05) is 13.1 Å². The molecule has 0 aliphatic carbocycles. The van der Waals surface area contributed by atoms with Crippen molar-refractivity contribution in [1.82, 2.24) is 4.90 Å². The Morgan fingerprint density at radius 2 is 2.36 bits per heavy atom. The van der Waals surface area contributed by atoms with Gasteiger partial charge in [-0.3, -0.25) is 4.79 Å². The molecule has 0 bridgehead atoms. The van der Waals surface area contributed by atoms with E-state index in [0.717, 1.165) is 6.42 Å². The molecule has 1 aliphatic heterocycles. The Bertz CT molecular complexity index is 210. The van der Waals surface area contributed by atoms with Crippen molar-refractivity contribution in [1.29, 1.82) is 0 Å². The zero-order valence-electron chi connectivity index (χ0n) is 8.81. The zero-order chi connectivity index (χ0) is 10.7. The maximum Gasteiger partial charge on any atom is 0.235 e. The van der Waals surface area contributed by atoms with Crippen molar-refractivity contribution in [3.05, 3.63) is 0 Å². The predicted octanol–water partition coefficient (Wildman–Crippen LogP) is 0.924. The van der Waals surface area contributed by atoms with Crippen LogP contribution in [0.4, 0.5) is 0 Å². The molecule has 82 valence electrons. The summed E-state index contributed by atoms with van der Waals surface area (Å²) in [5.41, 5.74) is 0. The van der Waals surface area contributed by atoms with E-state index in [9.17, 15) is 9.90 Å². The number of amides is 1. The van der Waals surface area contributed by atoms with Gasteiger partial charge >= 0.3 is 0 Å². The first-order valence-electron chi connectivity index (χ1n) is 5.21. The summed E-state index contributed by atoms with van der Waals surface area (Å²) in [4.78, 5) is 13.6. The Morgan fingerprint density at radius 3 is 2.86 bits per heavy atom. The molecule has 4 heteroatoms. The van der Waals surface area contributed by atoms with E-state index in [0.29, 0.717) is 19.5 Å². The lowest BCUT2D eigenvalue weighted by molar-refractivity contribution is -0.134. The van der Waals surface area contributed by atoms with Crippen LogP contribution in [0.25, 0.3) is 0 Å². The van der Waals surface area contributed by atoms with Crippen LogP contribution in [-0.4, -0.2) is 40.4 Å². The number of likely N-dealkylation sites (tertiary alicyclic amines) is 1. The van der Waals surface area contributed by atoms with E-state index < -0.39 is 0 Å². The first-order chi connectivity index (χ1) is 6.56. The molecule has 1 aliphatic rings. The molecule has 3 atom stereocenters. The summed E-state index contributed by atoms with van der Waals surface area (Å²) in [6.07, 6.45) is 1.20. The molecular weight excluding hydrogens is 198 g/mol.